The lowest BCUT2D eigenvalue weighted by Crippen LogP contribution is -2.49. The molecule has 1 aromatic carbocycles. The van der Waals surface area contributed by atoms with Crippen LogP contribution in [0, 0.1) is 6.92 Å². The van der Waals surface area contributed by atoms with Crippen LogP contribution in [0.2, 0.25) is 0 Å². The normalized spacial score (nSPS) is 14.4. The highest BCUT2D eigenvalue weighted by Gasteiger charge is 2.23. The van der Waals surface area contributed by atoms with Crippen molar-refractivity contribution >= 4 is 17.5 Å². The zero-order valence-electron chi connectivity index (χ0n) is 17.1. The minimum Gasteiger partial charge on any atom is -0.368 e. The van der Waals surface area contributed by atoms with Gasteiger partial charge >= 0.3 is 0 Å². The number of aryl methyl sites for hydroxylation is 1. The minimum absolute atomic E-state index is 0.0189. The zero-order valence-corrected chi connectivity index (χ0v) is 17.1. The lowest BCUT2D eigenvalue weighted by atomic mass is 10.2. The molecule has 150 valence electrons. The van der Waals surface area contributed by atoms with E-state index >= 15 is 0 Å². The van der Waals surface area contributed by atoms with Crippen molar-refractivity contribution in [1.82, 2.24) is 19.8 Å². The fraction of sp³-hybridized carbons (Fsp3) is 0.476. The van der Waals surface area contributed by atoms with Gasteiger partial charge < -0.3 is 20.0 Å². The van der Waals surface area contributed by atoms with E-state index in [0.29, 0.717) is 24.7 Å². The van der Waals surface area contributed by atoms with Gasteiger partial charge in [-0.2, -0.15) is 0 Å². The molecule has 2 aromatic rings. The lowest BCUT2D eigenvalue weighted by molar-refractivity contribution is 0.0740. The first-order valence-corrected chi connectivity index (χ1v) is 9.86. The van der Waals surface area contributed by atoms with Crippen molar-refractivity contribution in [2.75, 3.05) is 63.6 Å². The molecule has 0 bridgehead atoms. The number of nitrogens with one attached hydrogen (secondary N) is 1. The second-order valence-electron chi connectivity index (χ2n) is 7.42. The van der Waals surface area contributed by atoms with E-state index in [-0.39, 0.29) is 5.91 Å². The molecule has 1 aromatic heterocycles. The Labute approximate surface area is 167 Å². The summed E-state index contributed by atoms with van der Waals surface area (Å²) in [7, 11) is 4.11. The summed E-state index contributed by atoms with van der Waals surface area (Å²) in [5.74, 6) is 0.514. The van der Waals surface area contributed by atoms with Crippen LogP contribution < -0.4 is 10.2 Å². The molecule has 0 aliphatic carbocycles. The molecule has 1 amide bonds. The summed E-state index contributed by atoms with van der Waals surface area (Å²) in [6.07, 6.45) is 0.995. The highest BCUT2D eigenvalue weighted by molar-refractivity contribution is 5.92. The first-order valence-electron chi connectivity index (χ1n) is 9.86. The number of hydrogen-bond donors (Lipinski definition) is 1. The van der Waals surface area contributed by atoms with Gasteiger partial charge in [0.2, 0.25) is 5.95 Å². The van der Waals surface area contributed by atoms with E-state index in [9.17, 15) is 4.79 Å². The third-order valence-corrected chi connectivity index (χ3v) is 4.83. The summed E-state index contributed by atoms with van der Waals surface area (Å²) in [4.78, 5) is 28.2. The van der Waals surface area contributed by atoms with Crippen molar-refractivity contribution in [2.45, 2.75) is 13.3 Å². The Hall–Kier alpha value is -2.67. The van der Waals surface area contributed by atoms with Gasteiger partial charge in [0.25, 0.3) is 5.91 Å². The first-order chi connectivity index (χ1) is 13.5. The van der Waals surface area contributed by atoms with E-state index in [0.717, 1.165) is 38.3 Å². The second-order valence-corrected chi connectivity index (χ2v) is 7.42. The summed E-state index contributed by atoms with van der Waals surface area (Å²) >= 11 is 0. The third kappa shape index (κ3) is 5.42. The van der Waals surface area contributed by atoms with Gasteiger partial charge in [0.1, 0.15) is 5.69 Å². The number of carbonyl (C=O) groups is 1. The molecule has 1 saturated heterocycles. The maximum Gasteiger partial charge on any atom is 0.272 e. The van der Waals surface area contributed by atoms with Gasteiger partial charge in [-0.1, -0.05) is 18.2 Å². The summed E-state index contributed by atoms with van der Waals surface area (Å²) in [6, 6.07) is 12.1. The molecule has 7 nitrogen and oxygen atoms in total. The Morgan fingerprint density at radius 1 is 1.11 bits per heavy atom. The molecule has 2 heterocycles. The Bertz CT molecular complexity index is 772. The van der Waals surface area contributed by atoms with Gasteiger partial charge in [-0.3, -0.25) is 4.79 Å². The van der Waals surface area contributed by atoms with Gasteiger partial charge in [-0.15, -0.1) is 0 Å². The van der Waals surface area contributed by atoms with Crippen LogP contribution in [0.25, 0.3) is 0 Å². The zero-order chi connectivity index (χ0) is 19.9. The van der Waals surface area contributed by atoms with E-state index < -0.39 is 0 Å². The number of benzene rings is 1. The molecule has 0 saturated carbocycles. The van der Waals surface area contributed by atoms with Crippen molar-refractivity contribution < 1.29 is 4.79 Å². The number of amides is 1. The van der Waals surface area contributed by atoms with Crippen LogP contribution >= 0.6 is 0 Å². The number of aromatic nitrogens is 2. The number of para-hydroxylation sites is 1. The number of carbonyl (C=O) groups excluding carboxylic acids is 1. The monoisotopic (exact) mass is 382 g/mol. The molecule has 0 spiro atoms. The summed E-state index contributed by atoms with van der Waals surface area (Å²) in [6.45, 7) is 6.73. The summed E-state index contributed by atoms with van der Waals surface area (Å²) < 4.78 is 0. The maximum absolute atomic E-state index is 12.9. The number of anilines is 2. The molecule has 0 atom stereocenters. The number of hydrogen-bond acceptors (Lipinski definition) is 6. The number of piperazine rings is 1. The van der Waals surface area contributed by atoms with Gasteiger partial charge in [-0.25, -0.2) is 9.97 Å². The van der Waals surface area contributed by atoms with Crippen molar-refractivity contribution in [1.29, 1.82) is 0 Å². The largest absolute Gasteiger partial charge is 0.368 e. The molecule has 28 heavy (non-hydrogen) atoms. The van der Waals surface area contributed by atoms with Crippen LogP contribution in [-0.4, -0.2) is 79.0 Å². The molecule has 0 unspecified atom stereocenters. The average Bonchev–Trinajstić information content (AvgIpc) is 2.71. The molecule has 1 aliphatic heterocycles. The number of rotatable bonds is 7. The fourth-order valence-corrected chi connectivity index (χ4v) is 3.32. The van der Waals surface area contributed by atoms with Crippen LogP contribution in [-0.2, 0) is 0 Å². The summed E-state index contributed by atoms with van der Waals surface area (Å²) in [5, 5.41) is 3.24. The highest BCUT2D eigenvalue weighted by Crippen LogP contribution is 2.17. The molecule has 1 N–H and O–H groups in total. The Balaban J connectivity index is 1.58. The van der Waals surface area contributed by atoms with Gasteiger partial charge in [0.05, 0.1) is 0 Å². The van der Waals surface area contributed by atoms with Crippen molar-refractivity contribution in [2.24, 2.45) is 0 Å². The third-order valence-electron chi connectivity index (χ3n) is 4.83. The predicted octanol–water partition coefficient (Wildman–Crippen LogP) is 2.11. The molecule has 0 radical (unpaired) electrons. The van der Waals surface area contributed by atoms with Crippen LogP contribution in [0.1, 0.15) is 22.6 Å². The van der Waals surface area contributed by atoms with E-state index in [4.69, 9.17) is 0 Å². The van der Waals surface area contributed by atoms with Gasteiger partial charge in [-0.05, 0) is 52.2 Å². The quantitative estimate of drug-likeness (QED) is 0.740. The SMILES string of the molecule is Cc1cc(C(=O)N2CCN(c3ccccc3)CC2)nc(NCCCN(C)C)n1. The number of nitrogens with zero attached hydrogens (tertiary/aromatic N) is 5. The molecular weight excluding hydrogens is 352 g/mol. The Kier molecular flexibility index (Phi) is 6.81. The van der Waals surface area contributed by atoms with Crippen molar-refractivity contribution in [3.8, 4) is 0 Å². The summed E-state index contributed by atoms with van der Waals surface area (Å²) in [5.41, 5.74) is 2.48. The van der Waals surface area contributed by atoms with Crippen molar-refractivity contribution in [3.63, 3.8) is 0 Å². The predicted molar refractivity (Wildman–Crippen MR) is 113 cm³/mol. The highest BCUT2D eigenvalue weighted by atomic mass is 16.2. The molecule has 7 heteroatoms. The van der Waals surface area contributed by atoms with E-state index in [1.54, 1.807) is 6.07 Å². The standard InChI is InChI=1S/C21H30N6O/c1-17-16-19(24-21(23-17)22-10-7-11-25(2)3)20(28)27-14-12-26(13-15-27)18-8-5-4-6-9-18/h4-6,8-9,16H,7,10-15H2,1-3H3,(H,22,23,24). The second kappa shape index (κ2) is 9.50. The van der Waals surface area contributed by atoms with E-state index in [1.807, 2.05) is 30.0 Å². The maximum atomic E-state index is 12.9. The smallest absolute Gasteiger partial charge is 0.272 e. The first kappa shape index (κ1) is 20.1. The average molecular weight is 383 g/mol. The van der Waals surface area contributed by atoms with Gasteiger partial charge in [0.15, 0.2) is 0 Å². The minimum atomic E-state index is -0.0189. The molecule has 1 aliphatic rings. The van der Waals surface area contributed by atoms with Crippen LogP contribution in [0.15, 0.2) is 36.4 Å². The Morgan fingerprint density at radius 3 is 2.50 bits per heavy atom. The van der Waals surface area contributed by atoms with Crippen LogP contribution in [0.3, 0.4) is 0 Å². The van der Waals surface area contributed by atoms with Crippen LogP contribution in [0.5, 0.6) is 0 Å². The van der Waals surface area contributed by atoms with Crippen LogP contribution in [0.4, 0.5) is 11.6 Å². The lowest BCUT2D eigenvalue weighted by Gasteiger charge is -2.36. The van der Waals surface area contributed by atoms with E-state index in [1.165, 1.54) is 5.69 Å². The molecule has 1 fully saturated rings. The van der Waals surface area contributed by atoms with E-state index in [2.05, 4.69) is 51.3 Å². The molecule has 3 rings (SSSR count). The molecular formula is C21H30N6O. The Morgan fingerprint density at radius 2 is 1.82 bits per heavy atom. The topological polar surface area (TPSA) is 64.6 Å². The van der Waals surface area contributed by atoms with Crippen molar-refractivity contribution in [3.05, 3.63) is 47.8 Å². The van der Waals surface area contributed by atoms with Gasteiger partial charge in [0, 0.05) is 44.1 Å². The fourth-order valence-electron chi connectivity index (χ4n) is 3.32.